The van der Waals surface area contributed by atoms with Crippen LogP contribution in [0.3, 0.4) is 0 Å². The molecule has 5 nitrogen and oxygen atoms in total. The van der Waals surface area contributed by atoms with Crippen LogP contribution in [-0.2, 0) is 9.57 Å². The third-order valence-electron chi connectivity index (χ3n) is 1.76. The van der Waals surface area contributed by atoms with E-state index in [2.05, 4.69) is 9.99 Å². The molecule has 0 unspecified atom stereocenters. The molecule has 8 heteroatoms. The van der Waals surface area contributed by atoms with Crippen LogP contribution >= 0.6 is 0 Å². The second kappa shape index (κ2) is 4.33. The van der Waals surface area contributed by atoms with Gasteiger partial charge in [-0.1, -0.05) is 5.16 Å². The number of alkyl halides is 3. The van der Waals surface area contributed by atoms with Crippen molar-refractivity contribution in [2.75, 3.05) is 6.61 Å². The standard InChI is InChI=1S/C7H10F3NO4/c1-2-14-6-4(13)3(12)5(11-15-6)7(8,9)10/h3-4,6,12-13H,2H2,1H3/t3-,4+,6+/m0/s1. The van der Waals surface area contributed by atoms with Gasteiger partial charge in [0.15, 0.2) is 11.8 Å². The van der Waals surface area contributed by atoms with Gasteiger partial charge in [-0.25, -0.2) is 0 Å². The van der Waals surface area contributed by atoms with Crippen molar-refractivity contribution in [1.82, 2.24) is 0 Å². The van der Waals surface area contributed by atoms with E-state index in [1.165, 1.54) is 0 Å². The highest BCUT2D eigenvalue weighted by atomic mass is 19.4. The molecule has 0 aromatic rings. The van der Waals surface area contributed by atoms with Gasteiger partial charge < -0.3 is 19.8 Å². The zero-order valence-corrected chi connectivity index (χ0v) is 7.73. The van der Waals surface area contributed by atoms with E-state index in [9.17, 15) is 18.3 Å². The molecule has 2 N–H and O–H groups in total. The van der Waals surface area contributed by atoms with E-state index in [-0.39, 0.29) is 6.61 Å². The number of ether oxygens (including phenoxy) is 1. The molecule has 88 valence electrons. The molecule has 1 rings (SSSR count). The van der Waals surface area contributed by atoms with Crippen molar-refractivity contribution < 1.29 is 33.0 Å². The lowest BCUT2D eigenvalue weighted by molar-refractivity contribution is -0.222. The predicted molar refractivity (Wildman–Crippen MR) is 42.0 cm³/mol. The molecular weight excluding hydrogens is 219 g/mol. The van der Waals surface area contributed by atoms with Crippen molar-refractivity contribution in [2.45, 2.75) is 31.6 Å². The van der Waals surface area contributed by atoms with Crippen molar-refractivity contribution in [1.29, 1.82) is 0 Å². The summed E-state index contributed by atoms with van der Waals surface area (Å²) in [7, 11) is 0. The number of halogens is 3. The third kappa shape index (κ3) is 2.58. The van der Waals surface area contributed by atoms with Gasteiger partial charge in [0, 0.05) is 6.61 Å². The van der Waals surface area contributed by atoms with E-state index in [0.29, 0.717) is 0 Å². The maximum atomic E-state index is 12.2. The van der Waals surface area contributed by atoms with Gasteiger partial charge in [-0.05, 0) is 6.92 Å². The molecule has 0 fully saturated rings. The summed E-state index contributed by atoms with van der Waals surface area (Å²) < 4.78 is 41.2. The summed E-state index contributed by atoms with van der Waals surface area (Å²) in [6.45, 7) is 1.68. The zero-order valence-electron chi connectivity index (χ0n) is 7.73. The average Bonchev–Trinajstić information content (AvgIpc) is 2.11. The monoisotopic (exact) mass is 229 g/mol. The van der Waals surface area contributed by atoms with Crippen molar-refractivity contribution in [3.63, 3.8) is 0 Å². The molecule has 0 aromatic heterocycles. The molecule has 0 saturated carbocycles. The minimum atomic E-state index is -4.84. The van der Waals surface area contributed by atoms with E-state index >= 15 is 0 Å². The Kier molecular flexibility index (Phi) is 3.53. The van der Waals surface area contributed by atoms with Crippen LogP contribution in [0.25, 0.3) is 0 Å². The predicted octanol–water partition coefficient (Wildman–Crippen LogP) is 0.0193. The van der Waals surface area contributed by atoms with Gasteiger partial charge in [-0.3, -0.25) is 0 Å². The normalized spacial score (nSPS) is 32.1. The molecule has 1 heterocycles. The van der Waals surface area contributed by atoms with E-state index in [4.69, 9.17) is 9.84 Å². The quantitative estimate of drug-likeness (QED) is 0.700. The lowest BCUT2D eigenvalue weighted by Gasteiger charge is -2.30. The Bertz CT molecular complexity index is 255. The summed E-state index contributed by atoms with van der Waals surface area (Å²) in [4.78, 5) is 4.28. The first-order valence-corrected chi connectivity index (χ1v) is 4.16. The van der Waals surface area contributed by atoms with E-state index in [1.807, 2.05) is 0 Å². The highest BCUT2D eigenvalue weighted by Gasteiger charge is 2.49. The topological polar surface area (TPSA) is 71.3 Å². The third-order valence-corrected chi connectivity index (χ3v) is 1.76. The second-order valence-electron chi connectivity index (χ2n) is 2.84. The molecule has 0 radical (unpaired) electrons. The molecule has 1 aliphatic heterocycles. The maximum absolute atomic E-state index is 12.2. The Morgan fingerprint density at radius 1 is 1.47 bits per heavy atom. The average molecular weight is 229 g/mol. The Morgan fingerprint density at radius 2 is 2.07 bits per heavy atom. The zero-order chi connectivity index (χ0) is 11.6. The molecule has 0 aromatic carbocycles. The Hall–Kier alpha value is -0.860. The Balaban J connectivity index is 2.80. The molecule has 0 spiro atoms. The van der Waals surface area contributed by atoms with Gasteiger partial charge in [0.05, 0.1) is 0 Å². The number of hydrogen-bond donors (Lipinski definition) is 2. The van der Waals surface area contributed by atoms with Crippen LogP contribution in [-0.4, -0.2) is 47.2 Å². The summed E-state index contributed by atoms with van der Waals surface area (Å²) in [5.74, 6) is 0. The maximum Gasteiger partial charge on any atom is 0.435 e. The highest BCUT2D eigenvalue weighted by molar-refractivity contribution is 5.93. The lowest BCUT2D eigenvalue weighted by atomic mass is 10.1. The van der Waals surface area contributed by atoms with Crippen LogP contribution in [0, 0.1) is 0 Å². The fourth-order valence-electron chi connectivity index (χ4n) is 1.05. The lowest BCUT2D eigenvalue weighted by Crippen LogP contribution is -2.52. The largest absolute Gasteiger partial charge is 0.435 e. The van der Waals surface area contributed by atoms with Crippen LogP contribution in [0.2, 0.25) is 0 Å². The summed E-state index contributed by atoms with van der Waals surface area (Å²) in [6.07, 6.45) is -10.2. The number of aliphatic hydroxyl groups is 2. The van der Waals surface area contributed by atoms with Crippen molar-refractivity contribution in [3.05, 3.63) is 0 Å². The molecule has 15 heavy (non-hydrogen) atoms. The second-order valence-corrected chi connectivity index (χ2v) is 2.84. The Labute approximate surface area is 83.1 Å². The van der Waals surface area contributed by atoms with Crippen molar-refractivity contribution in [3.8, 4) is 0 Å². The first kappa shape index (κ1) is 12.2. The van der Waals surface area contributed by atoms with E-state index in [0.717, 1.165) is 0 Å². The van der Waals surface area contributed by atoms with Gasteiger partial charge >= 0.3 is 6.18 Å². The van der Waals surface area contributed by atoms with Crippen molar-refractivity contribution in [2.24, 2.45) is 5.16 Å². The summed E-state index contributed by atoms with van der Waals surface area (Å²) in [5, 5.41) is 21.0. The highest BCUT2D eigenvalue weighted by Crippen LogP contribution is 2.26. The van der Waals surface area contributed by atoms with Crippen LogP contribution in [0.15, 0.2) is 5.16 Å². The molecule has 0 bridgehead atoms. The first-order valence-electron chi connectivity index (χ1n) is 4.16. The van der Waals surface area contributed by atoms with Crippen LogP contribution in [0.1, 0.15) is 6.92 Å². The molecule has 0 aliphatic carbocycles. The van der Waals surface area contributed by atoms with Crippen LogP contribution in [0.5, 0.6) is 0 Å². The molecule has 0 saturated heterocycles. The fourth-order valence-corrected chi connectivity index (χ4v) is 1.05. The number of rotatable bonds is 2. The number of hydrogen-bond acceptors (Lipinski definition) is 5. The van der Waals surface area contributed by atoms with Gasteiger partial charge in [0.1, 0.15) is 6.10 Å². The first-order chi connectivity index (χ1) is 6.88. The SMILES string of the molecule is CCO[C@@H]1ON=C(C(F)(F)F)[C@@H](O)[C@H]1O. The minimum absolute atomic E-state index is 0.116. The molecular formula is C7H10F3NO4. The summed E-state index contributed by atoms with van der Waals surface area (Å²) in [5.41, 5.74) is -1.56. The summed E-state index contributed by atoms with van der Waals surface area (Å²) >= 11 is 0. The van der Waals surface area contributed by atoms with Crippen LogP contribution < -0.4 is 0 Å². The van der Waals surface area contributed by atoms with E-state index in [1.54, 1.807) is 6.92 Å². The van der Waals surface area contributed by atoms with Gasteiger partial charge in [-0.2, -0.15) is 13.2 Å². The van der Waals surface area contributed by atoms with Gasteiger partial charge in [-0.15, -0.1) is 0 Å². The number of oxime groups is 1. The molecule has 3 atom stereocenters. The number of nitrogens with zero attached hydrogens (tertiary/aromatic N) is 1. The van der Waals surface area contributed by atoms with Crippen molar-refractivity contribution >= 4 is 5.71 Å². The molecule has 0 amide bonds. The minimum Gasteiger partial charge on any atom is -0.384 e. The summed E-state index contributed by atoms with van der Waals surface area (Å²) in [6, 6.07) is 0. The fraction of sp³-hybridized carbons (Fsp3) is 0.857. The molecule has 1 aliphatic rings. The Morgan fingerprint density at radius 3 is 2.53 bits per heavy atom. The van der Waals surface area contributed by atoms with E-state index < -0.39 is 30.4 Å². The number of aliphatic hydroxyl groups excluding tert-OH is 2. The van der Waals surface area contributed by atoms with Crippen LogP contribution in [0.4, 0.5) is 13.2 Å². The van der Waals surface area contributed by atoms with Gasteiger partial charge in [0.2, 0.25) is 0 Å². The van der Waals surface area contributed by atoms with Gasteiger partial charge in [0.25, 0.3) is 6.29 Å². The smallest absolute Gasteiger partial charge is 0.384 e.